The topological polar surface area (TPSA) is 42.7 Å². The van der Waals surface area contributed by atoms with E-state index in [1.165, 1.54) is 0 Å². The third-order valence-corrected chi connectivity index (χ3v) is 2.01. The summed E-state index contributed by atoms with van der Waals surface area (Å²) in [5.41, 5.74) is 0. The fraction of sp³-hybridized carbons (Fsp3) is 0.778. The fourth-order valence-corrected chi connectivity index (χ4v) is 1.39. The average Bonchev–Trinajstić information content (AvgIpc) is 2.41. The van der Waals surface area contributed by atoms with E-state index in [1.54, 1.807) is 0 Å². The molecule has 0 aliphatic carbocycles. The van der Waals surface area contributed by atoms with Crippen LogP contribution in [0.4, 0.5) is 0 Å². The van der Waals surface area contributed by atoms with Crippen LogP contribution in [0.5, 0.6) is 0 Å². The minimum Gasteiger partial charge on any atom is -0.315 e. The second kappa shape index (κ2) is 4.37. The lowest BCUT2D eigenvalue weighted by Crippen LogP contribution is -2.24. The smallest absolute Gasteiger partial charge is 0.147 e. The van der Waals surface area contributed by atoms with E-state index in [4.69, 9.17) is 0 Å². The van der Waals surface area contributed by atoms with Crippen molar-refractivity contribution in [2.45, 2.75) is 33.7 Å². The summed E-state index contributed by atoms with van der Waals surface area (Å²) in [5, 5.41) is 7.62. The lowest BCUT2D eigenvalue weighted by molar-refractivity contribution is 0.448. The highest BCUT2D eigenvalue weighted by Gasteiger charge is 2.08. The van der Waals surface area contributed by atoms with E-state index in [2.05, 4.69) is 29.2 Å². The summed E-state index contributed by atoms with van der Waals surface area (Å²) in [4.78, 5) is 4.26. The Hall–Kier alpha value is -0.900. The molecule has 0 saturated carbocycles. The Labute approximate surface area is 79.4 Å². The first-order valence-electron chi connectivity index (χ1n) is 4.75. The van der Waals surface area contributed by atoms with Crippen molar-refractivity contribution in [1.29, 1.82) is 0 Å². The van der Waals surface area contributed by atoms with Gasteiger partial charge in [0, 0.05) is 6.54 Å². The number of hydrogen-bond donors (Lipinski definition) is 1. The quantitative estimate of drug-likeness (QED) is 0.757. The highest BCUT2D eigenvalue weighted by atomic mass is 15.4. The zero-order valence-electron chi connectivity index (χ0n) is 8.83. The van der Waals surface area contributed by atoms with E-state index in [9.17, 15) is 0 Å². The van der Waals surface area contributed by atoms with Crippen LogP contribution in [-0.4, -0.2) is 27.9 Å². The Morgan fingerprint density at radius 2 is 2.15 bits per heavy atom. The predicted octanol–water partition coefficient (Wildman–Crippen LogP) is 1.07. The number of nitrogens with one attached hydrogen (secondary N) is 1. The SMILES string of the molecule is CCNCC(C)n1nc(C)nc1C. The molecule has 1 rings (SSSR count). The van der Waals surface area contributed by atoms with Crippen LogP contribution in [0.15, 0.2) is 0 Å². The molecule has 1 unspecified atom stereocenters. The molecule has 1 N–H and O–H groups in total. The van der Waals surface area contributed by atoms with Crippen LogP contribution in [-0.2, 0) is 0 Å². The molecule has 0 radical (unpaired) electrons. The molecule has 1 heterocycles. The van der Waals surface area contributed by atoms with E-state index in [0.29, 0.717) is 6.04 Å². The molecular formula is C9H18N4. The molecule has 1 aromatic rings. The van der Waals surface area contributed by atoms with Gasteiger partial charge in [0.2, 0.25) is 0 Å². The van der Waals surface area contributed by atoms with Crippen molar-refractivity contribution in [3.05, 3.63) is 11.6 Å². The Bertz CT molecular complexity index is 267. The number of aromatic nitrogens is 3. The van der Waals surface area contributed by atoms with Gasteiger partial charge in [0.05, 0.1) is 6.04 Å². The Morgan fingerprint density at radius 1 is 1.46 bits per heavy atom. The molecule has 0 spiro atoms. The van der Waals surface area contributed by atoms with Crippen molar-refractivity contribution in [3.8, 4) is 0 Å². The Morgan fingerprint density at radius 3 is 2.62 bits per heavy atom. The van der Waals surface area contributed by atoms with Gasteiger partial charge in [0.1, 0.15) is 11.6 Å². The largest absolute Gasteiger partial charge is 0.315 e. The van der Waals surface area contributed by atoms with E-state index in [1.807, 2.05) is 18.5 Å². The summed E-state index contributed by atoms with van der Waals surface area (Å²) in [6.45, 7) is 10.1. The Balaban J connectivity index is 2.64. The van der Waals surface area contributed by atoms with Crippen LogP contribution in [0.3, 0.4) is 0 Å². The van der Waals surface area contributed by atoms with Gasteiger partial charge in [-0.05, 0) is 27.3 Å². The average molecular weight is 182 g/mol. The molecule has 1 aromatic heterocycles. The number of nitrogens with zero attached hydrogens (tertiary/aromatic N) is 3. The molecule has 74 valence electrons. The second-order valence-electron chi connectivity index (χ2n) is 3.31. The van der Waals surface area contributed by atoms with Gasteiger partial charge in [-0.25, -0.2) is 9.67 Å². The van der Waals surface area contributed by atoms with Crippen LogP contribution >= 0.6 is 0 Å². The zero-order valence-corrected chi connectivity index (χ0v) is 8.83. The van der Waals surface area contributed by atoms with Crippen molar-refractivity contribution in [2.75, 3.05) is 13.1 Å². The third kappa shape index (κ3) is 2.52. The number of likely N-dealkylation sites (N-methyl/N-ethyl adjacent to an activating group) is 1. The lowest BCUT2D eigenvalue weighted by atomic mass is 10.3. The van der Waals surface area contributed by atoms with E-state index in [-0.39, 0.29) is 0 Å². The lowest BCUT2D eigenvalue weighted by Gasteiger charge is -2.12. The fourth-order valence-electron chi connectivity index (χ4n) is 1.39. The summed E-state index contributed by atoms with van der Waals surface area (Å²) in [6.07, 6.45) is 0. The van der Waals surface area contributed by atoms with Crippen LogP contribution < -0.4 is 5.32 Å². The van der Waals surface area contributed by atoms with Gasteiger partial charge in [-0.3, -0.25) is 0 Å². The Kier molecular flexibility index (Phi) is 3.42. The monoisotopic (exact) mass is 182 g/mol. The first kappa shape index (κ1) is 10.2. The van der Waals surface area contributed by atoms with Crippen LogP contribution in [0, 0.1) is 13.8 Å². The van der Waals surface area contributed by atoms with Crippen molar-refractivity contribution in [2.24, 2.45) is 0 Å². The summed E-state index contributed by atoms with van der Waals surface area (Å²) in [7, 11) is 0. The first-order valence-corrected chi connectivity index (χ1v) is 4.75. The third-order valence-electron chi connectivity index (χ3n) is 2.01. The van der Waals surface area contributed by atoms with Gasteiger partial charge in [-0.2, -0.15) is 5.10 Å². The molecule has 1 atom stereocenters. The molecule has 0 amide bonds. The van der Waals surface area contributed by atoms with Crippen molar-refractivity contribution >= 4 is 0 Å². The molecule has 0 aliphatic heterocycles. The van der Waals surface area contributed by atoms with E-state index in [0.717, 1.165) is 24.7 Å². The summed E-state index contributed by atoms with van der Waals surface area (Å²) in [5.74, 6) is 1.84. The maximum Gasteiger partial charge on any atom is 0.147 e. The van der Waals surface area contributed by atoms with Gasteiger partial charge < -0.3 is 5.32 Å². The van der Waals surface area contributed by atoms with Gasteiger partial charge in [0.25, 0.3) is 0 Å². The van der Waals surface area contributed by atoms with Crippen molar-refractivity contribution in [1.82, 2.24) is 20.1 Å². The van der Waals surface area contributed by atoms with Gasteiger partial charge in [-0.15, -0.1) is 0 Å². The van der Waals surface area contributed by atoms with Crippen molar-refractivity contribution < 1.29 is 0 Å². The molecule has 4 heteroatoms. The molecular weight excluding hydrogens is 164 g/mol. The molecule has 0 aromatic carbocycles. The standard InChI is InChI=1S/C9H18N4/c1-5-10-6-7(2)13-9(4)11-8(3)12-13/h7,10H,5-6H2,1-4H3. The van der Waals surface area contributed by atoms with Gasteiger partial charge in [-0.1, -0.05) is 6.92 Å². The highest BCUT2D eigenvalue weighted by molar-refractivity contribution is 4.89. The normalized spacial score (nSPS) is 13.2. The highest BCUT2D eigenvalue weighted by Crippen LogP contribution is 2.05. The molecule has 0 saturated heterocycles. The number of hydrogen-bond acceptors (Lipinski definition) is 3. The van der Waals surface area contributed by atoms with Crippen LogP contribution in [0.2, 0.25) is 0 Å². The number of rotatable bonds is 4. The van der Waals surface area contributed by atoms with Crippen molar-refractivity contribution in [3.63, 3.8) is 0 Å². The maximum absolute atomic E-state index is 4.33. The van der Waals surface area contributed by atoms with Crippen LogP contribution in [0.25, 0.3) is 0 Å². The minimum atomic E-state index is 0.376. The van der Waals surface area contributed by atoms with Gasteiger partial charge >= 0.3 is 0 Å². The molecule has 0 aliphatic rings. The predicted molar refractivity (Wildman–Crippen MR) is 52.8 cm³/mol. The summed E-state index contributed by atoms with van der Waals surface area (Å²) < 4.78 is 1.97. The summed E-state index contributed by atoms with van der Waals surface area (Å²) in [6, 6.07) is 0.376. The number of aryl methyl sites for hydroxylation is 2. The molecule has 13 heavy (non-hydrogen) atoms. The van der Waals surface area contributed by atoms with E-state index < -0.39 is 0 Å². The molecule has 4 nitrogen and oxygen atoms in total. The zero-order chi connectivity index (χ0) is 9.84. The maximum atomic E-state index is 4.33. The van der Waals surface area contributed by atoms with Crippen LogP contribution in [0.1, 0.15) is 31.5 Å². The second-order valence-corrected chi connectivity index (χ2v) is 3.31. The first-order chi connectivity index (χ1) is 6.15. The van der Waals surface area contributed by atoms with Gasteiger partial charge in [0.15, 0.2) is 0 Å². The van der Waals surface area contributed by atoms with E-state index >= 15 is 0 Å². The summed E-state index contributed by atoms with van der Waals surface area (Å²) >= 11 is 0. The molecule has 0 fully saturated rings. The molecule has 0 bridgehead atoms. The minimum absolute atomic E-state index is 0.376.